The van der Waals surface area contributed by atoms with E-state index in [1.165, 1.54) is 11.8 Å². The van der Waals surface area contributed by atoms with Crippen LogP contribution in [0.1, 0.15) is 96.3 Å². The van der Waals surface area contributed by atoms with E-state index >= 15 is 0 Å². The van der Waals surface area contributed by atoms with E-state index in [4.69, 9.17) is 5.50 Å². The van der Waals surface area contributed by atoms with E-state index in [1.54, 1.807) is 96.3 Å². The van der Waals surface area contributed by atoms with Gasteiger partial charge in [-0.05, 0) is 0 Å². The third-order valence-corrected chi connectivity index (χ3v) is 19.2. The second kappa shape index (κ2) is 12.2. The minimum absolute atomic E-state index is 1.10. The first kappa shape index (κ1) is 21.1. The maximum absolute atomic E-state index is 4.89. The van der Waals surface area contributed by atoms with Gasteiger partial charge in [0, 0.05) is 6.05 Å². The summed E-state index contributed by atoms with van der Waals surface area (Å²) < 4.78 is 3.96. The van der Waals surface area contributed by atoms with Gasteiger partial charge in [-0.15, -0.1) is 12.2 Å². The molecule has 0 aliphatic heterocycles. The smallest absolute Gasteiger partial charge is 0.0466 e. The van der Waals surface area contributed by atoms with Crippen molar-refractivity contribution >= 4 is 49.9 Å². The molecule has 0 heterocycles. The summed E-state index contributed by atoms with van der Waals surface area (Å²) >= 11 is 6.87. The number of hydrogen-bond acceptors (Lipinski definition) is 1. The van der Waals surface area contributed by atoms with Gasteiger partial charge < -0.3 is 0 Å². The molecule has 0 saturated heterocycles. The van der Waals surface area contributed by atoms with Crippen molar-refractivity contribution in [2.45, 2.75) is 108 Å². The molecule has 0 spiro atoms. The van der Waals surface area contributed by atoms with Crippen molar-refractivity contribution < 1.29 is 0 Å². The molecule has 1 radical (unpaired) electrons. The molecule has 23 heavy (non-hydrogen) atoms. The van der Waals surface area contributed by atoms with Crippen molar-refractivity contribution in [2.24, 2.45) is 5.50 Å². The maximum atomic E-state index is 4.89. The zero-order chi connectivity index (χ0) is 16.5. The van der Waals surface area contributed by atoms with Gasteiger partial charge >= 0.3 is 128 Å². The predicted molar refractivity (Wildman–Crippen MR) is 115 cm³/mol. The van der Waals surface area contributed by atoms with Crippen LogP contribution in [-0.4, -0.2) is 19.8 Å². The summed E-state index contributed by atoms with van der Waals surface area (Å²) in [7, 11) is 0. The molecular formula is C18H37NPS2Sn. The number of nitrogens with two attached hydrogens (primary N) is 1. The first-order chi connectivity index (χ1) is 11.2. The molecule has 0 aromatic heterocycles. The van der Waals surface area contributed by atoms with Gasteiger partial charge in [0.05, 0.1) is 0 Å². The molecule has 0 amide bonds. The molecule has 1 unspecified atom stereocenters. The van der Waals surface area contributed by atoms with Crippen LogP contribution in [0.15, 0.2) is 0 Å². The minimum atomic E-state index is -1.15. The molecule has 2 N–H and O–H groups in total. The SMILES string of the molecule is C1CC[CH]([Sn]([CH]2CCCCC2)[CH]2CCCCC2)CC1.N[PH](=S)S. The summed E-state index contributed by atoms with van der Waals surface area (Å²) in [4.78, 5) is 0. The predicted octanol–water partition coefficient (Wildman–Crippen LogP) is 6.87. The molecule has 135 valence electrons. The van der Waals surface area contributed by atoms with Gasteiger partial charge in [-0.2, -0.15) is 0 Å². The molecule has 3 aliphatic rings. The molecule has 5 heteroatoms. The summed E-state index contributed by atoms with van der Waals surface area (Å²) in [6, 6.07) is -1.10. The van der Waals surface area contributed by atoms with Crippen LogP contribution in [0, 0.1) is 0 Å². The second-order valence-corrected chi connectivity index (χ2v) is 22.0. The topological polar surface area (TPSA) is 26.0 Å². The molecule has 3 rings (SSSR count). The van der Waals surface area contributed by atoms with E-state index in [9.17, 15) is 0 Å². The zero-order valence-corrected chi connectivity index (χ0v) is 20.3. The van der Waals surface area contributed by atoms with Gasteiger partial charge in [0.25, 0.3) is 0 Å². The van der Waals surface area contributed by atoms with Crippen LogP contribution in [0.5, 0.6) is 0 Å². The summed E-state index contributed by atoms with van der Waals surface area (Å²) in [5, 5.41) is 0. The van der Waals surface area contributed by atoms with Crippen LogP contribution >= 0.6 is 18.3 Å². The van der Waals surface area contributed by atoms with E-state index in [2.05, 4.69) is 24.1 Å². The molecular weight excluding hydrogens is 444 g/mol. The summed E-state index contributed by atoms with van der Waals surface area (Å²) in [6.07, 6.45) is 24.2. The Bertz CT molecular complexity index is 291. The summed E-state index contributed by atoms with van der Waals surface area (Å²) in [5.74, 6) is 0. The Morgan fingerprint density at radius 2 is 0.870 bits per heavy atom. The van der Waals surface area contributed by atoms with Gasteiger partial charge in [0.1, 0.15) is 0 Å². The van der Waals surface area contributed by atoms with Crippen molar-refractivity contribution in [3.05, 3.63) is 0 Å². The maximum Gasteiger partial charge on any atom is 0.0466 e. The average molecular weight is 481 g/mol. The Morgan fingerprint density at radius 3 is 1.09 bits per heavy atom. The molecule has 3 fully saturated rings. The van der Waals surface area contributed by atoms with E-state index in [-0.39, 0.29) is 0 Å². The van der Waals surface area contributed by atoms with E-state index < -0.39 is 25.8 Å². The molecule has 0 bridgehead atoms. The molecule has 3 aliphatic carbocycles. The Kier molecular flexibility index (Phi) is 11.2. The summed E-state index contributed by atoms with van der Waals surface area (Å²) in [5.41, 5.74) is 4.89. The van der Waals surface area contributed by atoms with Gasteiger partial charge in [0.15, 0.2) is 0 Å². The van der Waals surface area contributed by atoms with Gasteiger partial charge in [0.2, 0.25) is 0 Å². The molecule has 3 saturated carbocycles. The van der Waals surface area contributed by atoms with Crippen LogP contribution in [0.3, 0.4) is 0 Å². The minimum Gasteiger partial charge on any atom is -0.297 e. The fourth-order valence-corrected chi connectivity index (χ4v) is 20.2. The first-order valence-electron chi connectivity index (χ1n) is 10.0. The number of thiol groups is 1. The standard InChI is InChI=1S/3C6H11.H4NPS2.Sn/c3*1-2-4-6-5-3-1;1-2(3)4;/h3*1H,2-6H2;2H,(H3,1,3,4);. The average Bonchev–Trinajstić information content (AvgIpc) is 2.58. The van der Waals surface area contributed by atoms with Crippen molar-refractivity contribution in [3.63, 3.8) is 0 Å². The molecule has 0 aromatic rings. The van der Waals surface area contributed by atoms with Crippen molar-refractivity contribution in [1.82, 2.24) is 0 Å². The van der Waals surface area contributed by atoms with Gasteiger partial charge in [-0.25, -0.2) is 0 Å². The Balaban J connectivity index is 0.000000433. The van der Waals surface area contributed by atoms with E-state index in [0.29, 0.717) is 0 Å². The van der Waals surface area contributed by atoms with E-state index in [0.717, 1.165) is 0 Å². The monoisotopic (exact) mass is 482 g/mol. The van der Waals surface area contributed by atoms with Crippen molar-refractivity contribution in [2.75, 3.05) is 0 Å². The van der Waals surface area contributed by atoms with Crippen LogP contribution in [0.2, 0.25) is 11.8 Å². The van der Waals surface area contributed by atoms with Crippen molar-refractivity contribution in [1.29, 1.82) is 0 Å². The quantitative estimate of drug-likeness (QED) is 0.262. The molecule has 0 aromatic carbocycles. The first-order valence-corrected chi connectivity index (χ1v) is 19.0. The Morgan fingerprint density at radius 1 is 0.652 bits per heavy atom. The number of rotatable bonds is 3. The molecule has 1 nitrogen and oxygen atoms in total. The van der Waals surface area contributed by atoms with Crippen LogP contribution in [0.4, 0.5) is 0 Å². The fraction of sp³-hybridized carbons (Fsp3) is 1.00. The fourth-order valence-electron chi connectivity index (χ4n) is 5.31. The van der Waals surface area contributed by atoms with Crippen LogP contribution < -0.4 is 5.50 Å². The third kappa shape index (κ3) is 7.89. The largest absolute Gasteiger partial charge is 0.297 e. The zero-order valence-electron chi connectivity index (χ0n) is 14.8. The third-order valence-electron chi connectivity index (χ3n) is 6.23. The summed E-state index contributed by atoms with van der Waals surface area (Å²) in [6.45, 7) is 0. The van der Waals surface area contributed by atoms with Crippen LogP contribution in [0.25, 0.3) is 0 Å². The Hall–Kier alpha value is 1.76. The van der Waals surface area contributed by atoms with Crippen LogP contribution in [-0.2, 0) is 11.8 Å². The number of hydrogen-bond donors (Lipinski definition) is 2. The molecule has 1 atom stereocenters. The van der Waals surface area contributed by atoms with Crippen molar-refractivity contribution in [3.8, 4) is 0 Å². The van der Waals surface area contributed by atoms with Gasteiger partial charge in [-0.1, -0.05) is 11.8 Å². The Labute approximate surface area is 162 Å². The normalized spacial score (nSPS) is 26.6. The second-order valence-electron chi connectivity index (χ2n) is 7.84. The van der Waals surface area contributed by atoms with E-state index in [1.807, 2.05) is 0 Å². The van der Waals surface area contributed by atoms with Gasteiger partial charge in [-0.3, -0.25) is 5.50 Å².